The Bertz CT molecular complexity index is 257. The largest absolute Gasteiger partial charge is 0.480 e. The quantitative estimate of drug-likeness (QED) is 0.488. The lowest BCUT2D eigenvalue weighted by Gasteiger charge is -2.19. The highest BCUT2D eigenvalue weighted by molar-refractivity contribution is 5.83. The number of hydrogen-bond donors (Lipinski definition) is 4. The molecular weight excluding hydrogens is 228 g/mol. The van der Waals surface area contributed by atoms with Crippen molar-refractivity contribution in [2.45, 2.75) is 38.5 Å². The molecule has 3 atom stereocenters. The lowest BCUT2D eigenvalue weighted by Crippen LogP contribution is -2.52. The van der Waals surface area contributed by atoms with Gasteiger partial charge < -0.3 is 25.6 Å². The van der Waals surface area contributed by atoms with Crippen LogP contribution in [0.4, 0.5) is 4.79 Å². The number of aliphatic carboxylic acids is 1. The molecule has 0 aromatic carbocycles. The minimum absolute atomic E-state index is 0.140. The number of nitrogens with one attached hydrogen (secondary N) is 2. The van der Waals surface area contributed by atoms with E-state index in [0.29, 0.717) is 13.0 Å². The Morgan fingerprint density at radius 3 is 2.29 bits per heavy atom. The maximum absolute atomic E-state index is 11.4. The molecule has 0 aliphatic heterocycles. The number of ether oxygens (including phenoxy) is 1. The Morgan fingerprint density at radius 1 is 1.29 bits per heavy atom. The van der Waals surface area contributed by atoms with Gasteiger partial charge in [0.2, 0.25) is 0 Å². The van der Waals surface area contributed by atoms with E-state index in [1.165, 1.54) is 6.92 Å². The van der Waals surface area contributed by atoms with Gasteiger partial charge in [0.1, 0.15) is 0 Å². The fourth-order valence-electron chi connectivity index (χ4n) is 1.16. The van der Waals surface area contributed by atoms with Crippen LogP contribution in [0.15, 0.2) is 0 Å². The van der Waals surface area contributed by atoms with Crippen molar-refractivity contribution in [3.05, 3.63) is 0 Å². The first-order valence-corrected chi connectivity index (χ1v) is 5.35. The van der Waals surface area contributed by atoms with Crippen LogP contribution >= 0.6 is 0 Å². The minimum Gasteiger partial charge on any atom is -0.480 e. The van der Waals surface area contributed by atoms with Gasteiger partial charge in [0.25, 0.3) is 0 Å². The number of hydrogen-bond acceptors (Lipinski definition) is 4. The summed E-state index contributed by atoms with van der Waals surface area (Å²) in [4.78, 5) is 22.1. The van der Waals surface area contributed by atoms with Crippen molar-refractivity contribution in [3.63, 3.8) is 0 Å². The molecule has 0 radical (unpaired) electrons. The molecule has 0 saturated carbocycles. The summed E-state index contributed by atoms with van der Waals surface area (Å²) in [5.74, 6) is -1.28. The van der Waals surface area contributed by atoms with Gasteiger partial charge in [-0.25, -0.2) is 9.59 Å². The fourth-order valence-corrected chi connectivity index (χ4v) is 1.16. The fraction of sp³-hybridized carbons (Fsp3) is 0.800. The van der Waals surface area contributed by atoms with Crippen LogP contribution in [-0.4, -0.2) is 54.1 Å². The zero-order chi connectivity index (χ0) is 13.4. The van der Waals surface area contributed by atoms with Gasteiger partial charge in [-0.05, 0) is 20.3 Å². The molecule has 0 heterocycles. The van der Waals surface area contributed by atoms with Gasteiger partial charge >= 0.3 is 12.0 Å². The second kappa shape index (κ2) is 7.86. The zero-order valence-electron chi connectivity index (χ0n) is 10.3. The van der Waals surface area contributed by atoms with E-state index in [4.69, 9.17) is 14.9 Å². The highest BCUT2D eigenvalue weighted by atomic mass is 16.5. The topological polar surface area (TPSA) is 108 Å². The lowest BCUT2D eigenvalue weighted by molar-refractivity contribution is -0.141. The lowest BCUT2D eigenvalue weighted by atomic mass is 10.2. The maximum atomic E-state index is 11.4. The molecule has 7 nitrogen and oxygen atoms in total. The standard InChI is InChI=1S/C10H20N2O5/c1-6(4-5-17-3)11-10(16)12-8(7(2)13)9(14)15/h6-8,13H,4-5H2,1-3H3,(H,14,15)(H2,11,12,16). The Morgan fingerprint density at radius 2 is 1.88 bits per heavy atom. The van der Waals surface area contributed by atoms with Gasteiger partial charge in [0.15, 0.2) is 6.04 Å². The first-order valence-electron chi connectivity index (χ1n) is 5.35. The molecule has 100 valence electrons. The number of rotatable bonds is 7. The normalized spacial score (nSPS) is 15.8. The number of methoxy groups -OCH3 is 1. The van der Waals surface area contributed by atoms with E-state index in [1.54, 1.807) is 14.0 Å². The van der Waals surface area contributed by atoms with E-state index in [1.807, 2.05) is 0 Å². The molecule has 0 bridgehead atoms. The second-order valence-corrected chi connectivity index (χ2v) is 3.86. The Balaban J connectivity index is 4.10. The Kier molecular flexibility index (Phi) is 7.24. The summed E-state index contributed by atoms with van der Waals surface area (Å²) >= 11 is 0. The van der Waals surface area contributed by atoms with Crippen molar-refractivity contribution in [1.82, 2.24) is 10.6 Å². The van der Waals surface area contributed by atoms with Crippen LogP contribution in [0.5, 0.6) is 0 Å². The van der Waals surface area contributed by atoms with Crippen LogP contribution in [0.1, 0.15) is 20.3 Å². The molecular formula is C10H20N2O5. The smallest absolute Gasteiger partial charge is 0.328 e. The number of carbonyl (C=O) groups is 2. The molecule has 4 N–H and O–H groups in total. The van der Waals surface area contributed by atoms with Crippen molar-refractivity contribution in [2.24, 2.45) is 0 Å². The molecule has 3 unspecified atom stereocenters. The van der Waals surface area contributed by atoms with E-state index >= 15 is 0 Å². The third-order valence-corrected chi connectivity index (χ3v) is 2.17. The molecule has 2 amide bonds. The molecule has 0 saturated heterocycles. The van der Waals surface area contributed by atoms with Gasteiger partial charge in [-0.15, -0.1) is 0 Å². The minimum atomic E-state index is -1.32. The van der Waals surface area contributed by atoms with Gasteiger partial charge in [-0.1, -0.05) is 0 Å². The first kappa shape index (κ1) is 15.7. The van der Waals surface area contributed by atoms with Crippen molar-refractivity contribution < 1.29 is 24.5 Å². The van der Waals surface area contributed by atoms with Crippen LogP contribution in [0.2, 0.25) is 0 Å². The van der Waals surface area contributed by atoms with Crippen molar-refractivity contribution >= 4 is 12.0 Å². The van der Waals surface area contributed by atoms with Crippen LogP contribution in [-0.2, 0) is 9.53 Å². The van der Waals surface area contributed by atoms with E-state index in [-0.39, 0.29) is 6.04 Å². The predicted molar refractivity (Wildman–Crippen MR) is 60.7 cm³/mol. The molecule has 7 heteroatoms. The highest BCUT2D eigenvalue weighted by Crippen LogP contribution is 1.95. The van der Waals surface area contributed by atoms with Crippen LogP contribution < -0.4 is 10.6 Å². The van der Waals surface area contributed by atoms with Gasteiger partial charge in [-0.3, -0.25) is 0 Å². The number of aliphatic hydroxyl groups excluding tert-OH is 1. The number of amides is 2. The summed E-state index contributed by atoms with van der Waals surface area (Å²) < 4.78 is 4.85. The third-order valence-electron chi connectivity index (χ3n) is 2.17. The third kappa shape index (κ3) is 6.75. The molecule has 17 heavy (non-hydrogen) atoms. The molecule has 0 rings (SSSR count). The molecule has 0 fully saturated rings. The SMILES string of the molecule is COCCC(C)NC(=O)NC(C(=O)O)C(C)O. The van der Waals surface area contributed by atoms with Crippen molar-refractivity contribution in [2.75, 3.05) is 13.7 Å². The van der Waals surface area contributed by atoms with Crippen molar-refractivity contribution in [1.29, 1.82) is 0 Å². The molecule has 0 aliphatic rings. The van der Waals surface area contributed by atoms with Crippen LogP contribution in [0, 0.1) is 0 Å². The van der Waals surface area contributed by atoms with Crippen LogP contribution in [0.25, 0.3) is 0 Å². The zero-order valence-corrected chi connectivity index (χ0v) is 10.3. The average molecular weight is 248 g/mol. The van der Waals surface area contributed by atoms with E-state index < -0.39 is 24.1 Å². The van der Waals surface area contributed by atoms with E-state index in [9.17, 15) is 9.59 Å². The second-order valence-electron chi connectivity index (χ2n) is 3.86. The van der Waals surface area contributed by atoms with E-state index in [0.717, 1.165) is 0 Å². The van der Waals surface area contributed by atoms with Gasteiger partial charge in [0, 0.05) is 19.8 Å². The predicted octanol–water partition coefficient (Wildman–Crippen LogP) is -0.455. The number of carboxylic acid groups (broad SMARTS) is 1. The summed E-state index contributed by atoms with van der Waals surface area (Å²) in [5.41, 5.74) is 0. The Labute approximate surface area is 100 Å². The molecule has 0 aromatic heterocycles. The first-order chi connectivity index (χ1) is 7.88. The number of carbonyl (C=O) groups excluding carboxylic acids is 1. The summed E-state index contributed by atoms with van der Waals surface area (Å²) in [6, 6.07) is -2.08. The summed E-state index contributed by atoms with van der Waals surface area (Å²) in [6.07, 6.45) is -0.538. The van der Waals surface area contributed by atoms with Crippen molar-refractivity contribution in [3.8, 4) is 0 Å². The summed E-state index contributed by atoms with van der Waals surface area (Å²) in [5, 5.41) is 22.6. The van der Waals surface area contributed by atoms with Gasteiger partial charge in [-0.2, -0.15) is 0 Å². The Hall–Kier alpha value is -1.34. The monoisotopic (exact) mass is 248 g/mol. The van der Waals surface area contributed by atoms with Gasteiger partial charge in [0.05, 0.1) is 6.10 Å². The molecule has 0 spiro atoms. The maximum Gasteiger partial charge on any atom is 0.328 e. The van der Waals surface area contributed by atoms with E-state index in [2.05, 4.69) is 10.6 Å². The summed E-state index contributed by atoms with van der Waals surface area (Å²) in [7, 11) is 1.56. The number of aliphatic hydroxyl groups is 1. The molecule has 0 aliphatic carbocycles. The average Bonchev–Trinajstić information content (AvgIpc) is 2.22. The summed E-state index contributed by atoms with van der Waals surface area (Å²) in [6.45, 7) is 3.57. The number of carboxylic acids is 1. The molecule has 0 aromatic rings. The van der Waals surface area contributed by atoms with Crippen LogP contribution in [0.3, 0.4) is 0 Å². The number of urea groups is 1. The highest BCUT2D eigenvalue weighted by Gasteiger charge is 2.25.